The zero-order valence-electron chi connectivity index (χ0n) is 46.5. The highest BCUT2D eigenvalue weighted by Gasteiger charge is 2.35. The van der Waals surface area contributed by atoms with Crippen LogP contribution in [0.2, 0.25) is 0 Å². The van der Waals surface area contributed by atoms with E-state index in [1.165, 1.54) is 18.3 Å². The Morgan fingerprint density at radius 3 is 1.69 bits per heavy atom. The number of primary amides is 2. The van der Waals surface area contributed by atoms with Crippen LogP contribution in [0.4, 0.5) is 0 Å². The molecule has 0 fully saturated rings. The molecule has 0 aliphatic heterocycles. The lowest BCUT2D eigenvalue weighted by Gasteiger charge is -2.28. The number of aliphatic hydroxyl groups is 3. The van der Waals surface area contributed by atoms with Gasteiger partial charge in [-0.15, -0.1) is 11.3 Å². The van der Waals surface area contributed by atoms with Crippen LogP contribution in [0.15, 0.2) is 35.3 Å². The lowest BCUT2D eigenvalue weighted by molar-refractivity contribution is -0.137. The number of fused-ring (bicyclic) bond motifs is 1. The van der Waals surface area contributed by atoms with E-state index in [2.05, 4.69) is 58.2 Å². The molecular formula is C50H81N17O15S. The van der Waals surface area contributed by atoms with E-state index in [1.807, 2.05) is 24.3 Å². The van der Waals surface area contributed by atoms with Gasteiger partial charge in [0.05, 0.1) is 42.8 Å². The molecule has 0 unspecified atom stereocenters. The highest BCUT2D eigenvalue weighted by molar-refractivity contribution is 7.20. The molecule has 0 saturated heterocycles. The van der Waals surface area contributed by atoms with Gasteiger partial charge in [0.2, 0.25) is 65.0 Å². The van der Waals surface area contributed by atoms with Gasteiger partial charge >= 0.3 is 0 Å². The summed E-state index contributed by atoms with van der Waals surface area (Å²) in [6.07, 6.45) is -2.59. The van der Waals surface area contributed by atoms with E-state index in [-0.39, 0.29) is 76.3 Å². The summed E-state index contributed by atoms with van der Waals surface area (Å²) in [5.74, 6) is -11.4. The highest BCUT2D eigenvalue weighted by atomic mass is 32.1. The molecule has 32 nitrogen and oxygen atoms in total. The lowest BCUT2D eigenvalue weighted by Crippen LogP contribution is -2.61. The third-order valence-electron chi connectivity index (χ3n) is 12.3. The van der Waals surface area contributed by atoms with Crippen molar-refractivity contribution in [3.05, 3.63) is 35.2 Å². The number of nitrogens with two attached hydrogens (primary N) is 6. The van der Waals surface area contributed by atoms with Gasteiger partial charge < -0.3 is 103 Å². The van der Waals surface area contributed by atoms with E-state index in [0.717, 1.165) is 23.9 Å². The van der Waals surface area contributed by atoms with Crippen LogP contribution in [-0.4, -0.2) is 192 Å². The maximum absolute atomic E-state index is 14.3. The van der Waals surface area contributed by atoms with Gasteiger partial charge in [0, 0.05) is 24.2 Å². The highest BCUT2D eigenvalue weighted by Crippen LogP contribution is 2.25. The Kier molecular flexibility index (Phi) is 31.7. The molecule has 1 aromatic carbocycles. The Hall–Kier alpha value is -8.11. The number of thiophene rings is 1. The molecule has 462 valence electrons. The minimum absolute atomic E-state index is 0.0401. The molecule has 2 rings (SSSR count). The number of nitrogens with one attached hydrogen (secondary N) is 10. The van der Waals surface area contributed by atoms with Crippen molar-refractivity contribution in [1.82, 2.24) is 53.2 Å². The predicted octanol–water partition coefficient (Wildman–Crippen LogP) is -7.54. The van der Waals surface area contributed by atoms with Crippen molar-refractivity contribution in [1.29, 1.82) is 0 Å². The molecule has 33 heteroatoms. The third kappa shape index (κ3) is 26.6. The first-order valence-corrected chi connectivity index (χ1v) is 27.5. The van der Waals surface area contributed by atoms with Crippen molar-refractivity contribution in [3.63, 3.8) is 0 Å². The third-order valence-corrected chi connectivity index (χ3v) is 13.4. The maximum atomic E-state index is 14.3. The second-order valence-corrected chi connectivity index (χ2v) is 20.4. The van der Waals surface area contributed by atoms with Gasteiger partial charge in [-0.05, 0) is 96.2 Å². The first-order chi connectivity index (χ1) is 39.2. The summed E-state index contributed by atoms with van der Waals surface area (Å²) < 4.78 is 0.894. The van der Waals surface area contributed by atoms with Crippen LogP contribution in [0.1, 0.15) is 94.7 Å². The topological polar surface area (TPSA) is 554 Å². The minimum Gasteiger partial charge on any atom is -0.394 e. The van der Waals surface area contributed by atoms with Crippen molar-refractivity contribution >= 4 is 98.3 Å². The number of hydrogen-bond donors (Lipinski definition) is 19. The van der Waals surface area contributed by atoms with Crippen LogP contribution < -0.4 is 87.6 Å². The average Bonchev–Trinajstić information content (AvgIpc) is 4.01. The Labute approximate surface area is 482 Å². The molecule has 0 aliphatic carbocycles. The summed E-state index contributed by atoms with van der Waals surface area (Å²) in [6.45, 7) is 1.55. The average molecular weight is 1190 g/mol. The molecule has 0 bridgehead atoms. The summed E-state index contributed by atoms with van der Waals surface area (Å²) in [6, 6.07) is -3.32. The van der Waals surface area contributed by atoms with Crippen LogP contribution in [0.5, 0.6) is 0 Å². The second-order valence-electron chi connectivity index (χ2n) is 19.3. The fourth-order valence-electron chi connectivity index (χ4n) is 7.62. The smallest absolute Gasteiger partial charge is 0.261 e. The number of amides is 12. The standard InChI is InChI=1S/C50H81N17O15S/c1-25(61-49(82)40(27(3)70)67-45(78)32(16-17-36(53)71)63-42(75)29(52)12-6-8-18-51)41(74)62-31(14-10-20-58-50(55)56)43(76)64-30(13-7-9-19-57-47(80)35-21-28-11-4-5-15-34(28)83-35)44(77)65-33(24-68)46(79)66-39(26(2)69)48(81)60-23-38(73)59-22-37(54)72/h4-5,11,15,21,25-27,29-33,39-40,68-70H,6-10,12-14,16-20,22-24,51-52H2,1-3H3,(H2,53,71)(H2,54,72)(H,57,80)(H,59,73)(H,60,81)(H,61,82)(H,62,74)(H,63,75)(H,64,76)(H,65,77)(H,66,79)(H,67,78)(H4,55,56,58)/t25-,26+,27+,29-,30-,31-,32-,33-,39-,40-/m0/s1. The zero-order valence-corrected chi connectivity index (χ0v) is 47.4. The molecule has 1 aromatic heterocycles. The Balaban J connectivity index is 2.37. The van der Waals surface area contributed by atoms with Crippen molar-refractivity contribution in [2.24, 2.45) is 39.4 Å². The van der Waals surface area contributed by atoms with Gasteiger partial charge in [0.15, 0.2) is 5.96 Å². The lowest BCUT2D eigenvalue weighted by atomic mass is 10.0. The molecule has 25 N–H and O–H groups in total. The molecule has 0 spiro atoms. The van der Waals surface area contributed by atoms with Crippen molar-refractivity contribution in [2.45, 2.75) is 146 Å². The maximum Gasteiger partial charge on any atom is 0.261 e. The van der Waals surface area contributed by atoms with Gasteiger partial charge in [-0.3, -0.25) is 62.5 Å². The number of aliphatic hydroxyl groups excluding tert-OH is 3. The van der Waals surface area contributed by atoms with Gasteiger partial charge in [-0.1, -0.05) is 24.6 Å². The van der Waals surface area contributed by atoms with Crippen LogP contribution >= 0.6 is 11.3 Å². The first-order valence-electron chi connectivity index (χ1n) is 26.7. The number of rotatable bonds is 39. The molecule has 1 heterocycles. The number of carbonyl (C=O) groups is 12. The van der Waals surface area contributed by atoms with E-state index < -0.39 is 145 Å². The fraction of sp³-hybridized carbons (Fsp3) is 0.580. The number of carbonyl (C=O) groups excluding carboxylic acids is 12. The summed E-state index contributed by atoms with van der Waals surface area (Å²) in [4.78, 5) is 161. The van der Waals surface area contributed by atoms with Gasteiger partial charge in [0.25, 0.3) is 5.91 Å². The molecule has 2 aromatic rings. The van der Waals surface area contributed by atoms with Gasteiger partial charge in [0.1, 0.15) is 42.3 Å². The van der Waals surface area contributed by atoms with E-state index in [1.54, 1.807) is 6.07 Å². The summed E-state index contributed by atoms with van der Waals surface area (Å²) >= 11 is 1.28. The summed E-state index contributed by atoms with van der Waals surface area (Å²) in [7, 11) is 0. The minimum atomic E-state index is -1.83. The van der Waals surface area contributed by atoms with Gasteiger partial charge in [-0.2, -0.15) is 0 Å². The quantitative estimate of drug-likeness (QED) is 0.0168. The number of nitrogens with zero attached hydrogens (tertiary/aromatic N) is 1. The SMILES string of the molecule is C[C@H](NC(=O)[C@@H](NC(=O)[C@H](CCC(N)=O)NC(=O)[C@@H](N)CCCCN)[C@@H](C)O)C(=O)N[C@@H](CCCN=C(N)N)C(=O)N[C@@H](CCCCNC(=O)c1cc2ccccc2s1)C(=O)N[C@@H](CO)C(=O)N[C@H](C(=O)NCC(=O)NCC(N)=O)[C@@H](C)O. The number of aliphatic imine (C=N–C) groups is 1. The van der Waals surface area contributed by atoms with E-state index >= 15 is 0 Å². The Morgan fingerprint density at radius 2 is 1.11 bits per heavy atom. The van der Waals surface area contributed by atoms with Crippen molar-refractivity contribution < 1.29 is 72.9 Å². The van der Waals surface area contributed by atoms with Crippen LogP contribution in [0, 0.1) is 0 Å². The van der Waals surface area contributed by atoms with Crippen LogP contribution in [0.3, 0.4) is 0 Å². The molecular weight excluding hydrogens is 1110 g/mol. The number of hydrogen-bond acceptors (Lipinski definition) is 19. The molecule has 12 amide bonds. The molecule has 83 heavy (non-hydrogen) atoms. The van der Waals surface area contributed by atoms with E-state index in [4.69, 9.17) is 34.4 Å². The zero-order chi connectivity index (χ0) is 62.3. The first kappa shape index (κ1) is 71.0. The molecule has 10 atom stereocenters. The number of benzene rings is 1. The van der Waals surface area contributed by atoms with E-state index in [9.17, 15) is 72.9 Å². The summed E-state index contributed by atoms with van der Waals surface area (Å²) in [5.41, 5.74) is 32.8. The van der Waals surface area contributed by atoms with Crippen molar-refractivity contribution in [2.75, 3.05) is 39.3 Å². The number of guanidine groups is 1. The van der Waals surface area contributed by atoms with Gasteiger partial charge in [-0.25, -0.2) is 0 Å². The van der Waals surface area contributed by atoms with Crippen LogP contribution in [0.25, 0.3) is 10.1 Å². The molecule has 0 aliphatic rings. The normalized spacial score (nSPS) is 14.6. The largest absolute Gasteiger partial charge is 0.394 e. The fourth-order valence-corrected chi connectivity index (χ4v) is 8.60. The predicted molar refractivity (Wildman–Crippen MR) is 302 cm³/mol. The monoisotopic (exact) mass is 1190 g/mol. The summed E-state index contributed by atoms with van der Waals surface area (Å²) in [5, 5.41) is 55.9. The Bertz CT molecular complexity index is 2550. The van der Waals surface area contributed by atoms with Crippen LogP contribution in [-0.2, 0) is 52.7 Å². The molecule has 0 saturated carbocycles. The molecule has 0 radical (unpaired) electrons. The Morgan fingerprint density at radius 1 is 0.566 bits per heavy atom. The second kappa shape index (κ2) is 37.1. The number of unbranched alkanes of at least 4 members (excludes halogenated alkanes) is 2. The van der Waals surface area contributed by atoms with Crippen molar-refractivity contribution in [3.8, 4) is 0 Å². The van der Waals surface area contributed by atoms with E-state index in [0.29, 0.717) is 24.3 Å².